The standard InChI is InChI=1S/C16H12N2O2/c17-8-9-1-5-12(6-2-9)18-15(19)13-10-3-4-11(7-10)14(13)16(18)20/h1-2,5-6,10-11H,3-4,7H2. The third-order valence-electron chi connectivity index (χ3n) is 4.66. The molecule has 98 valence electrons. The average molecular weight is 264 g/mol. The molecule has 0 aromatic heterocycles. The molecule has 20 heavy (non-hydrogen) atoms. The second kappa shape index (κ2) is 3.80. The lowest BCUT2D eigenvalue weighted by molar-refractivity contribution is -0.121. The van der Waals surface area contributed by atoms with Crippen molar-refractivity contribution >= 4 is 17.5 Å². The van der Waals surface area contributed by atoms with Crippen LogP contribution in [0.25, 0.3) is 0 Å². The summed E-state index contributed by atoms with van der Waals surface area (Å²) in [4.78, 5) is 26.3. The molecule has 1 saturated carbocycles. The highest BCUT2D eigenvalue weighted by atomic mass is 16.2. The molecule has 4 rings (SSSR count). The van der Waals surface area contributed by atoms with Gasteiger partial charge in [-0.15, -0.1) is 0 Å². The summed E-state index contributed by atoms with van der Waals surface area (Å²) < 4.78 is 0. The van der Waals surface area contributed by atoms with E-state index in [9.17, 15) is 9.59 Å². The summed E-state index contributed by atoms with van der Waals surface area (Å²) >= 11 is 0. The number of amides is 2. The smallest absolute Gasteiger partial charge is 0.262 e. The monoisotopic (exact) mass is 264 g/mol. The predicted molar refractivity (Wildman–Crippen MR) is 71.5 cm³/mol. The molecule has 2 aliphatic carbocycles. The number of carbonyl (C=O) groups is 2. The van der Waals surface area contributed by atoms with Gasteiger partial charge in [0, 0.05) is 11.1 Å². The van der Waals surface area contributed by atoms with Gasteiger partial charge in [-0.05, 0) is 55.4 Å². The number of hydrogen-bond donors (Lipinski definition) is 0. The van der Waals surface area contributed by atoms with Gasteiger partial charge in [0.25, 0.3) is 11.8 Å². The summed E-state index contributed by atoms with van der Waals surface area (Å²) in [5.41, 5.74) is 2.60. The van der Waals surface area contributed by atoms with E-state index in [2.05, 4.69) is 0 Å². The molecule has 0 radical (unpaired) electrons. The molecule has 2 bridgehead atoms. The average Bonchev–Trinajstić information content (AvgIpc) is 3.14. The molecular formula is C16H12N2O2. The summed E-state index contributed by atoms with van der Waals surface area (Å²) in [6, 6.07) is 8.63. The van der Waals surface area contributed by atoms with Crippen LogP contribution in [0.2, 0.25) is 0 Å². The Labute approximate surface area is 116 Å². The number of fused-ring (bicyclic) bond motifs is 4. The van der Waals surface area contributed by atoms with E-state index in [1.165, 1.54) is 4.90 Å². The van der Waals surface area contributed by atoms with Gasteiger partial charge in [-0.2, -0.15) is 5.26 Å². The summed E-state index contributed by atoms with van der Waals surface area (Å²) in [5.74, 6) is 0.272. The highest BCUT2D eigenvalue weighted by Crippen LogP contribution is 2.52. The zero-order valence-corrected chi connectivity index (χ0v) is 10.8. The minimum Gasteiger partial charge on any atom is -0.269 e. The third kappa shape index (κ3) is 1.30. The zero-order valence-electron chi connectivity index (χ0n) is 10.8. The van der Waals surface area contributed by atoms with E-state index in [0.717, 1.165) is 30.4 Å². The molecule has 1 aromatic rings. The number of rotatable bonds is 1. The number of nitriles is 1. The Morgan fingerprint density at radius 2 is 1.55 bits per heavy atom. The SMILES string of the molecule is N#Cc1ccc(N2C(=O)C3=C(C2=O)C2CCC3C2)cc1. The molecule has 1 fully saturated rings. The highest BCUT2D eigenvalue weighted by Gasteiger charge is 2.52. The molecule has 4 nitrogen and oxygen atoms in total. The van der Waals surface area contributed by atoms with Gasteiger partial charge < -0.3 is 0 Å². The van der Waals surface area contributed by atoms with E-state index in [1.54, 1.807) is 24.3 Å². The van der Waals surface area contributed by atoms with Crippen LogP contribution in [0.1, 0.15) is 24.8 Å². The number of anilines is 1. The molecule has 3 aliphatic rings. The van der Waals surface area contributed by atoms with E-state index in [1.807, 2.05) is 6.07 Å². The van der Waals surface area contributed by atoms with Gasteiger partial charge in [0.2, 0.25) is 0 Å². The lowest BCUT2D eigenvalue weighted by Gasteiger charge is -2.17. The molecule has 4 heteroatoms. The summed E-state index contributed by atoms with van der Waals surface area (Å²) in [7, 11) is 0. The number of imide groups is 1. The van der Waals surface area contributed by atoms with Crippen molar-refractivity contribution in [2.75, 3.05) is 4.90 Å². The maximum Gasteiger partial charge on any atom is 0.262 e. The minimum absolute atomic E-state index is 0.151. The van der Waals surface area contributed by atoms with E-state index >= 15 is 0 Å². The van der Waals surface area contributed by atoms with Crippen molar-refractivity contribution in [3.63, 3.8) is 0 Å². The summed E-state index contributed by atoms with van der Waals surface area (Å²) in [6.45, 7) is 0. The maximum atomic E-state index is 12.5. The van der Waals surface area contributed by atoms with Gasteiger partial charge in [-0.3, -0.25) is 9.59 Å². The van der Waals surface area contributed by atoms with Crippen LogP contribution >= 0.6 is 0 Å². The fraction of sp³-hybridized carbons (Fsp3) is 0.312. The van der Waals surface area contributed by atoms with Crippen molar-refractivity contribution in [3.05, 3.63) is 41.0 Å². The van der Waals surface area contributed by atoms with Crippen LogP contribution in [0.3, 0.4) is 0 Å². The van der Waals surface area contributed by atoms with Gasteiger partial charge in [0.15, 0.2) is 0 Å². The van der Waals surface area contributed by atoms with Crippen LogP contribution in [0, 0.1) is 23.2 Å². The number of carbonyl (C=O) groups excluding carboxylic acids is 2. The maximum absolute atomic E-state index is 12.5. The Hall–Kier alpha value is -2.41. The van der Waals surface area contributed by atoms with Crippen molar-refractivity contribution in [2.24, 2.45) is 11.8 Å². The van der Waals surface area contributed by atoms with Crippen molar-refractivity contribution in [2.45, 2.75) is 19.3 Å². The van der Waals surface area contributed by atoms with Crippen LogP contribution in [-0.4, -0.2) is 11.8 Å². The Morgan fingerprint density at radius 1 is 1.00 bits per heavy atom. The zero-order chi connectivity index (χ0) is 13.9. The lowest BCUT2D eigenvalue weighted by Crippen LogP contribution is -2.33. The second-order valence-electron chi connectivity index (χ2n) is 5.64. The summed E-state index contributed by atoms with van der Waals surface area (Å²) in [6.07, 6.45) is 3.04. The van der Waals surface area contributed by atoms with Gasteiger partial charge in [-0.1, -0.05) is 0 Å². The van der Waals surface area contributed by atoms with Gasteiger partial charge >= 0.3 is 0 Å². The van der Waals surface area contributed by atoms with Crippen LogP contribution in [0.15, 0.2) is 35.4 Å². The van der Waals surface area contributed by atoms with E-state index in [4.69, 9.17) is 5.26 Å². The number of nitrogens with zero attached hydrogens (tertiary/aromatic N) is 2. The lowest BCUT2D eigenvalue weighted by atomic mass is 9.93. The minimum atomic E-state index is -0.151. The van der Waals surface area contributed by atoms with Gasteiger partial charge in [-0.25, -0.2) is 4.90 Å². The molecule has 2 unspecified atom stereocenters. The topological polar surface area (TPSA) is 61.2 Å². The van der Waals surface area contributed by atoms with Crippen LogP contribution in [-0.2, 0) is 9.59 Å². The Balaban J connectivity index is 1.74. The Kier molecular flexibility index (Phi) is 2.17. The fourth-order valence-electron chi connectivity index (χ4n) is 3.78. The molecule has 1 aromatic carbocycles. The molecule has 1 heterocycles. The number of hydrogen-bond acceptors (Lipinski definition) is 3. The number of benzene rings is 1. The first kappa shape index (κ1) is 11.4. The molecule has 0 spiro atoms. The van der Waals surface area contributed by atoms with E-state index < -0.39 is 0 Å². The molecule has 0 saturated heterocycles. The quantitative estimate of drug-likeness (QED) is 0.730. The Morgan fingerprint density at radius 3 is 2.05 bits per heavy atom. The second-order valence-corrected chi connectivity index (χ2v) is 5.64. The normalized spacial score (nSPS) is 27.2. The van der Waals surface area contributed by atoms with Crippen molar-refractivity contribution in [3.8, 4) is 6.07 Å². The largest absolute Gasteiger partial charge is 0.269 e. The summed E-state index contributed by atoms with van der Waals surface area (Å²) in [5, 5.41) is 8.80. The third-order valence-corrected chi connectivity index (χ3v) is 4.66. The van der Waals surface area contributed by atoms with Crippen LogP contribution in [0.4, 0.5) is 5.69 Å². The van der Waals surface area contributed by atoms with Crippen molar-refractivity contribution < 1.29 is 9.59 Å². The van der Waals surface area contributed by atoms with E-state index in [-0.39, 0.29) is 23.7 Å². The van der Waals surface area contributed by atoms with E-state index in [0.29, 0.717) is 11.3 Å². The predicted octanol–water partition coefficient (Wildman–Crippen LogP) is 2.16. The highest BCUT2D eigenvalue weighted by molar-refractivity contribution is 6.33. The fourth-order valence-corrected chi connectivity index (χ4v) is 3.78. The van der Waals surface area contributed by atoms with Crippen molar-refractivity contribution in [1.29, 1.82) is 5.26 Å². The Bertz CT molecular complexity index is 677. The molecule has 0 N–H and O–H groups in total. The van der Waals surface area contributed by atoms with Gasteiger partial charge in [0.1, 0.15) is 0 Å². The molecular weight excluding hydrogens is 252 g/mol. The first-order chi connectivity index (χ1) is 9.70. The van der Waals surface area contributed by atoms with Crippen LogP contribution in [0.5, 0.6) is 0 Å². The molecule has 2 amide bonds. The first-order valence-corrected chi connectivity index (χ1v) is 6.83. The van der Waals surface area contributed by atoms with Crippen molar-refractivity contribution in [1.82, 2.24) is 0 Å². The molecule has 2 atom stereocenters. The molecule has 1 aliphatic heterocycles. The first-order valence-electron chi connectivity index (χ1n) is 6.83. The van der Waals surface area contributed by atoms with Gasteiger partial charge in [0.05, 0.1) is 17.3 Å². The van der Waals surface area contributed by atoms with Crippen LogP contribution < -0.4 is 4.90 Å².